The lowest BCUT2D eigenvalue weighted by Gasteiger charge is -2.10. The Bertz CT molecular complexity index is 888. The molecule has 5 heteroatoms. The first-order valence-electron chi connectivity index (χ1n) is 7.67. The molecule has 24 heavy (non-hydrogen) atoms. The number of amides is 1. The van der Waals surface area contributed by atoms with E-state index < -0.39 is 0 Å². The third kappa shape index (κ3) is 3.57. The van der Waals surface area contributed by atoms with E-state index in [0.29, 0.717) is 17.8 Å². The van der Waals surface area contributed by atoms with Crippen LogP contribution in [-0.4, -0.2) is 19.6 Å². The average Bonchev–Trinajstić information content (AvgIpc) is 2.98. The standard InChI is InChI=1S/C19H18FNO2S/c1-12-3-5-16(23-2)13(9-12)7-8-21-19(22)18-11-14-10-15(20)4-6-17(14)24-18/h3-6,9-11H,7-8H2,1-2H3,(H,21,22). The fourth-order valence-electron chi connectivity index (χ4n) is 2.63. The van der Waals surface area contributed by atoms with Crippen LogP contribution in [0, 0.1) is 12.7 Å². The molecule has 1 aromatic heterocycles. The molecule has 0 atom stereocenters. The van der Waals surface area contributed by atoms with Crippen LogP contribution in [0.5, 0.6) is 5.75 Å². The summed E-state index contributed by atoms with van der Waals surface area (Å²) in [5.41, 5.74) is 2.22. The van der Waals surface area contributed by atoms with Gasteiger partial charge in [-0.05, 0) is 54.6 Å². The zero-order chi connectivity index (χ0) is 17.1. The highest BCUT2D eigenvalue weighted by Gasteiger charge is 2.11. The Labute approximate surface area is 144 Å². The van der Waals surface area contributed by atoms with Crippen molar-refractivity contribution in [3.63, 3.8) is 0 Å². The molecule has 0 radical (unpaired) electrons. The summed E-state index contributed by atoms with van der Waals surface area (Å²) in [6, 6.07) is 12.3. The van der Waals surface area contributed by atoms with E-state index in [0.717, 1.165) is 27.0 Å². The maximum atomic E-state index is 13.2. The van der Waals surface area contributed by atoms with Gasteiger partial charge in [-0.15, -0.1) is 11.3 Å². The van der Waals surface area contributed by atoms with Gasteiger partial charge in [0.1, 0.15) is 11.6 Å². The van der Waals surface area contributed by atoms with E-state index >= 15 is 0 Å². The molecule has 3 rings (SSSR count). The first-order valence-corrected chi connectivity index (χ1v) is 8.49. The van der Waals surface area contributed by atoms with Crippen LogP contribution in [0.3, 0.4) is 0 Å². The normalized spacial score (nSPS) is 10.8. The predicted molar refractivity (Wildman–Crippen MR) is 95.6 cm³/mol. The first kappa shape index (κ1) is 16.5. The number of nitrogens with one attached hydrogen (secondary N) is 1. The maximum Gasteiger partial charge on any atom is 0.261 e. The van der Waals surface area contributed by atoms with Gasteiger partial charge in [-0.25, -0.2) is 4.39 Å². The molecule has 0 saturated carbocycles. The summed E-state index contributed by atoms with van der Waals surface area (Å²) in [6.45, 7) is 2.54. The summed E-state index contributed by atoms with van der Waals surface area (Å²) in [6.07, 6.45) is 0.691. The van der Waals surface area contributed by atoms with Crippen LogP contribution in [0.15, 0.2) is 42.5 Å². The van der Waals surface area contributed by atoms with Crippen molar-refractivity contribution in [3.05, 3.63) is 64.3 Å². The van der Waals surface area contributed by atoms with Crippen molar-refractivity contribution >= 4 is 27.3 Å². The minimum Gasteiger partial charge on any atom is -0.496 e. The van der Waals surface area contributed by atoms with Gasteiger partial charge in [0, 0.05) is 11.2 Å². The highest BCUT2D eigenvalue weighted by Crippen LogP contribution is 2.26. The number of methoxy groups -OCH3 is 1. The number of halogens is 1. The summed E-state index contributed by atoms with van der Waals surface area (Å²) >= 11 is 1.37. The van der Waals surface area contributed by atoms with E-state index in [-0.39, 0.29) is 11.7 Å². The fourth-order valence-corrected chi connectivity index (χ4v) is 3.59. The smallest absolute Gasteiger partial charge is 0.261 e. The van der Waals surface area contributed by atoms with Crippen molar-refractivity contribution in [2.75, 3.05) is 13.7 Å². The molecule has 0 aliphatic heterocycles. The second kappa shape index (κ2) is 7.01. The number of hydrogen-bond acceptors (Lipinski definition) is 3. The van der Waals surface area contributed by atoms with Gasteiger partial charge < -0.3 is 10.1 Å². The van der Waals surface area contributed by atoms with Crippen molar-refractivity contribution < 1.29 is 13.9 Å². The molecule has 1 heterocycles. The van der Waals surface area contributed by atoms with Crippen LogP contribution in [0.1, 0.15) is 20.8 Å². The largest absolute Gasteiger partial charge is 0.496 e. The SMILES string of the molecule is COc1ccc(C)cc1CCNC(=O)c1cc2cc(F)ccc2s1. The second-order valence-electron chi connectivity index (χ2n) is 5.61. The fraction of sp³-hybridized carbons (Fsp3) is 0.211. The quantitative estimate of drug-likeness (QED) is 0.749. The summed E-state index contributed by atoms with van der Waals surface area (Å²) < 4.78 is 19.5. The Hall–Kier alpha value is -2.40. The van der Waals surface area contributed by atoms with Gasteiger partial charge in [-0.2, -0.15) is 0 Å². The van der Waals surface area contributed by atoms with E-state index in [2.05, 4.69) is 11.4 Å². The van der Waals surface area contributed by atoms with Crippen molar-refractivity contribution in [1.82, 2.24) is 5.32 Å². The zero-order valence-electron chi connectivity index (χ0n) is 13.6. The van der Waals surface area contributed by atoms with Gasteiger partial charge in [-0.3, -0.25) is 4.79 Å². The Kier molecular flexibility index (Phi) is 4.81. The number of hydrogen-bond donors (Lipinski definition) is 1. The lowest BCUT2D eigenvalue weighted by Crippen LogP contribution is -2.25. The van der Waals surface area contributed by atoms with Gasteiger partial charge >= 0.3 is 0 Å². The van der Waals surface area contributed by atoms with Gasteiger partial charge in [-0.1, -0.05) is 17.7 Å². The Morgan fingerprint density at radius 2 is 2.04 bits per heavy atom. The predicted octanol–water partition coefficient (Wildman–Crippen LogP) is 4.33. The van der Waals surface area contributed by atoms with Crippen molar-refractivity contribution in [1.29, 1.82) is 0 Å². The Morgan fingerprint density at radius 1 is 1.21 bits per heavy atom. The number of rotatable bonds is 5. The minimum absolute atomic E-state index is 0.136. The molecule has 1 amide bonds. The van der Waals surface area contributed by atoms with Gasteiger partial charge in [0.25, 0.3) is 5.91 Å². The molecule has 0 saturated heterocycles. The molecule has 2 aromatic carbocycles. The van der Waals surface area contributed by atoms with Crippen LogP contribution >= 0.6 is 11.3 Å². The number of thiophene rings is 1. The molecule has 1 N–H and O–H groups in total. The molecule has 0 aliphatic rings. The van der Waals surface area contributed by atoms with E-state index in [1.807, 2.05) is 19.1 Å². The lowest BCUT2D eigenvalue weighted by molar-refractivity contribution is 0.0958. The van der Waals surface area contributed by atoms with Gasteiger partial charge in [0.05, 0.1) is 12.0 Å². The van der Waals surface area contributed by atoms with E-state index in [4.69, 9.17) is 4.74 Å². The molecule has 3 aromatic rings. The average molecular weight is 343 g/mol. The summed E-state index contributed by atoms with van der Waals surface area (Å²) in [7, 11) is 1.64. The molecule has 0 fully saturated rings. The highest BCUT2D eigenvalue weighted by molar-refractivity contribution is 7.20. The topological polar surface area (TPSA) is 38.3 Å². The number of fused-ring (bicyclic) bond motifs is 1. The molecule has 3 nitrogen and oxygen atoms in total. The molecular formula is C19H18FNO2S. The number of carbonyl (C=O) groups excluding carboxylic acids is 1. The third-order valence-electron chi connectivity index (χ3n) is 3.82. The lowest BCUT2D eigenvalue weighted by atomic mass is 10.1. The van der Waals surface area contributed by atoms with Gasteiger partial charge in [0.2, 0.25) is 0 Å². The number of aryl methyl sites for hydroxylation is 1. The summed E-state index contributed by atoms with van der Waals surface area (Å²) in [4.78, 5) is 12.9. The van der Waals surface area contributed by atoms with Crippen molar-refractivity contribution in [2.45, 2.75) is 13.3 Å². The maximum absolute atomic E-state index is 13.2. The minimum atomic E-state index is -0.293. The van der Waals surface area contributed by atoms with Crippen molar-refractivity contribution in [2.24, 2.45) is 0 Å². The number of benzene rings is 2. The summed E-state index contributed by atoms with van der Waals surface area (Å²) in [5.74, 6) is 0.397. The molecule has 124 valence electrons. The summed E-state index contributed by atoms with van der Waals surface area (Å²) in [5, 5.41) is 3.67. The Balaban J connectivity index is 1.66. The number of carbonyl (C=O) groups is 1. The third-order valence-corrected chi connectivity index (χ3v) is 4.93. The monoisotopic (exact) mass is 343 g/mol. The van der Waals surface area contributed by atoms with Crippen LogP contribution in [0.4, 0.5) is 4.39 Å². The molecule has 0 unspecified atom stereocenters. The molecule has 0 aliphatic carbocycles. The van der Waals surface area contributed by atoms with Gasteiger partial charge in [0.15, 0.2) is 0 Å². The van der Waals surface area contributed by atoms with Crippen LogP contribution in [0.25, 0.3) is 10.1 Å². The molecule has 0 bridgehead atoms. The molecule has 0 spiro atoms. The second-order valence-corrected chi connectivity index (χ2v) is 6.70. The van der Waals surface area contributed by atoms with Crippen LogP contribution in [-0.2, 0) is 6.42 Å². The number of ether oxygens (including phenoxy) is 1. The highest BCUT2D eigenvalue weighted by atomic mass is 32.1. The van der Waals surface area contributed by atoms with Crippen LogP contribution < -0.4 is 10.1 Å². The van der Waals surface area contributed by atoms with Crippen LogP contribution in [0.2, 0.25) is 0 Å². The van der Waals surface area contributed by atoms with E-state index in [1.165, 1.54) is 23.5 Å². The Morgan fingerprint density at radius 3 is 2.83 bits per heavy atom. The molecular weight excluding hydrogens is 325 g/mol. The zero-order valence-corrected chi connectivity index (χ0v) is 14.4. The first-order chi connectivity index (χ1) is 11.6. The van der Waals surface area contributed by atoms with E-state index in [9.17, 15) is 9.18 Å². The van der Waals surface area contributed by atoms with Crippen molar-refractivity contribution in [3.8, 4) is 5.75 Å². The van der Waals surface area contributed by atoms with E-state index in [1.54, 1.807) is 19.2 Å².